The molecule has 6 heteroatoms. The number of carbonyl (C=O) groups is 2. The summed E-state index contributed by atoms with van der Waals surface area (Å²) in [4.78, 5) is 32.9. The maximum absolute atomic E-state index is 12.8. The van der Waals surface area contributed by atoms with Crippen molar-refractivity contribution in [3.63, 3.8) is 0 Å². The van der Waals surface area contributed by atoms with Gasteiger partial charge in [0.05, 0.1) is 5.69 Å². The van der Waals surface area contributed by atoms with Crippen LogP contribution in [0.5, 0.6) is 0 Å². The number of ketones is 1. The number of rotatable bonds is 3. The SMILES string of the molecule is Cc1c(C(=O)Nc2ccc(-c3cn4cccc(C)c4n3)cc2)[nH]c2c1C(=O)CCC2. The number of H-pyrrole nitrogens is 1. The third-order valence-electron chi connectivity index (χ3n) is 5.78. The Morgan fingerprint density at radius 3 is 2.67 bits per heavy atom. The van der Waals surface area contributed by atoms with Crippen molar-refractivity contribution in [2.24, 2.45) is 0 Å². The Balaban J connectivity index is 1.38. The maximum Gasteiger partial charge on any atom is 0.272 e. The van der Waals surface area contributed by atoms with Crippen LogP contribution in [0.25, 0.3) is 16.9 Å². The van der Waals surface area contributed by atoms with Crippen LogP contribution in [0.1, 0.15) is 50.5 Å². The molecule has 5 rings (SSSR count). The van der Waals surface area contributed by atoms with Gasteiger partial charge < -0.3 is 14.7 Å². The summed E-state index contributed by atoms with van der Waals surface area (Å²) < 4.78 is 2.01. The van der Waals surface area contributed by atoms with Gasteiger partial charge in [-0.25, -0.2) is 4.98 Å². The van der Waals surface area contributed by atoms with Gasteiger partial charge in [-0.2, -0.15) is 0 Å². The summed E-state index contributed by atoms with van der Waals surface area (Å²) in [6.07, 6.45) is 6.17. The van der Waals surface area contributed by atoms with Crippen molar-refractivity contribution < 1.29 is 9.59 Å². The summed E-state index contributed by atoms with van der Waals surface area (Å²) in [7, 11) is 0. The fourth-order valence-corrected chi connectivity index (χ4v) is 4.21. The van der Waals surface area contributed by atoms with Gasteiger partial charge in [-0.1, -0.05) is 18.2 Å². The molecule has 4 aromatic rings. The van der Waals surface area contributed by atoms with E-state index in [4.69, 9.17) is 4.98 Å². The summed E-state index contributed by atoms with van der Waals surface area (Å²) in [6.45, 7) is 3.88. The average Bonchev–Trinajstić information content (AvgIpc) is 3.32. The fraction of sp³-hybridized carbons (Fsp3) is 0.208. The molecular formula is C24H22N4O2. The first kappa shape index (κ1) is 18.4. The minimum absolute atomic E-state index is 0.121. The van der Waals surface area contributed by atoms with Gasteiger partial charge in [0.2, 0.25) is 0 Å². The lowest BCUT2D eigenvalue weighted by molar-refractivity contribution is 0.0971. The maximum atomic E-state index is 12.8. The zero-order valence-corrected chi connectivity index (χ0v) is 17.0. The van der Waals surface area contributed by atoms with Crippen LogP contribution >= 0.6 is 0 Å². The molecule has 2 N–H and O–H groups in total. The predicted molar refractivity (Wildman–Crippen MR) is 116 cm³/mol. The molecule has 0 radical (unpaired) electrons. The zero-order valence-electron chi connectivity index (χ0n) is 17.0. The summed E-state index contributed by atoms with van der Waals surface area (Å²) in [5, 5.41) is 2.93. The smallest absolute Gasteiger partial charge is 0.272 e. The summed E-state index contributed by atoms with van der Waals surface area (Å²) in [5.74, 6) is -0.109. The molecule has 30 heavy (non-hydrogen) atoms. The quantitative estimate of drug-likeness (QED) is 0.524. The second-order valence-corrected chi connectivity index (χ2v) is 7.83. The second kappa shape index (κ2) is 6.99. The molecule has 3 aromatic heterocycles. The zero-order chi connectivity index (χ0) is 20.8. The van der Waals surface area contributed by atoms with Crippen LogP contribution in [0.2, 0.25) is 0 Å². The number of carbonyl (C=O) groups excluding carboxylic acids is 2. The number of nitrogens with one attached hydrogen (secondary N) is 2. The number of hydrogen-bond acceptors (Lipinski definition) is 3. The van der Waals surface area contributed by atoms with Crippen LogP contribution in [0.15, 0.2) is 48.8 Å². The van der Waals surface area contributed by atoms with Crippen molar-refractivity contribution in [2.75, 3.05) is 5.32 Å². The highest BCUT2D eigenvalue weighted by molar-refractivity contribution is 6.08. The van der Waals surface area contributed by atoms with Crippen LogP contribution in [0.4, 0.5) is 5.69 Å². The monoisotopic (exact) mass is 398 g/mol. The van der Waals surface area contributed by atoms with Crippen LogP contribution in [-0.2, 0) is 6.42 Å². The standard InChI is InChI=1S/C24H22N4O2/c1-14-5-4-12-28-13-19(27-23(14)28)16-8-10-17(11-9-16)25-24(30)22-15(2)21-18(26-22)6-3-7-20(21)29/h4-5,8-13,26H,3,6-7H2,1-2H3,(H,25,30). The molecular weight excluding hydrogens is 376 g/mol. The number of imidazole rings is 1. The third-order valence-corrected chi connectivity index (χ3v) is 5.78. The van der Waals surface area contributed by atoms with Crippen molar-refractivity contribution in [1.82, 2.24) is 14.4 Å². The number of benzene rings is 1. The number of nitrogens with zero attached hydrogens (tertiary/aromatic N) is 2. The molecule has 6 nitrogen and oxygen atoms in total. The lowest BCUT2D eigenvalue weighted by atomic mass is 9.94. The van der Waals surface area contributed by atoms with E-state index < -0.39 is 0 Å². The average molecular weight is 398 g/mol. The molecule has 0 fully saturated rings. The molecule has 0 spiro atoms. The first-order chi connectivity index (χ1) is 14.5. The largest absolute Gasteiger partial charge is 0.354 e. The highest BCUT2D eigenvalue weighted by Crippen LogP contribution is 2.27. The van der Waals surface area contributed by atoms with Gasteiger partial charge >= 0.3 is 0 Å². The van der Waals surface area contributed by atoms with Crippen molar-refractivity contribution in [1.29, 1.82) is 0 Å². The van der Waals surface area contributed by atoms with E-state index in [-0.39, 0.29) is 11.7 Å². The molecule has 1 amide bonds. The van der Waals surface area contributed by atoms with E-state index in [0.717, 1.165) is 46.6 Å². The van der Waals surface area contributed by atoms with Gasteiger partial charge in [0.15, 0.2) is 5.78 Å². The van der Waals surface area contributed by atoms with Crippen molar-refractivity contribution in [3.8, 4) is 11.3 Å². The fourth-order valence-electron chi connectivity index (χ4n) is 4.21. The summed E-state index contributed by atoms with van der Waals surface area (Å²) >= 11 is 0. The number of hydrogen-bond donors (Lipinski definition) is 2. The molecule has 3 heterocycles. The van der Waals surface area contributed by atoms with E-state index in [0.29, 0.717) is 23.4 Å². The summed E-state index contributed by atoms with van der Waals surface area (Å²) in [6, 6.07) is 11.7. The van der Waals surface area contributed by atoms with E-state index in [2.05, 4.69) is 10.3 Å². The lowest BCUT2D eigenvalue weighted by Crippen LogP contribution is -2.13. The first-order valence-corrected chi connectivity index (χ1v) is 10.1. The predicted octanol–water partition coefficient (Wildman–Crippen LogP) is 4.72. The number of fused-ring (bicyclic) bond motifs is 2. The van der Waals surface area contributed by atoms with E-state index >= 15 is 0 Å². The van der Waals surface area contributed by atoms with E-state index in [1.54, 1.807) is 0 Å². The Labute approximate surface area is 174 Å². The van der Waals surface area contributed by atoms with E-state index in [9.17, 15) is 9.59 Å². The highest BCUT2D eigenvalue weighted by atomic mass is 16.2. The van der Waals surface area contributed by atoms with Crippen LogP contribution in [0.3, 0.4) is 0 Å². The van der Waals surface area contributed by atoms with Gasteiger partial charge in [-0.15, -0.1) is 0 Å². The third kappa shape index (κ3) is 3.01. The molecule has 0 unspecified atom stereocenters. The van der Waals surface area contributed by atoms with Crippen LogP contribution in [0, 0.1) is 13.8 Å². The number of aryl methyl sites for hydroxylation is 2. The molecule has 1 aliphatic rings. The van der Waals surface area contributed by atoms with Crippen LogP contribution < -0.4 is 5.32 Å². The topological polar surface area (TPSA) is 79.3 Å². The number of anilines is 1. The van der Waals surface area contributed by atoms with Gasteiger partial charge in [-0.3, -0.25) is 9.59 Å². The minimum atomic E-state index is -0.231. The van der Waals surface area contributed by atoms with Crippen LogP contribution in [-0.4, -0.2) is 26.1 Å². The lowest BCUT2D eigenvalue weighted by Gasteiger charge is -2.09. The molecule has 0 aliphatic heterocycles. The Kier molecular flexibility index (Phi) is 4.28. The number of amides is 1. The highest BCUT2D eigenvalue weighted by Gasteiger charge is 2.26. The van der Waals surface area contributed by atoms with Gasteiger partial charge in [0.1, 0.15) is 11.3 Å². The molecule has 150 valence electrons. The van der Waals surface area contributed by atoms with E-state index in [1.807, 2.05) is 67.0 Å². The Hall–Kier alpha value is -3.67. The minimum Gasteiger partial charge on any atom is -0.354 e. The van der Waals surface area contributed by atoms with Gasteiger partial charge in [-0.05, 0) is 56.0 Å². The molecule has 1 aliphatic carbocycles. The second-order valence-electron chi connectivity index (χ2n) is 7.83. The van der Waals surface area contributed by atoms with Gasteiger partial charge in [0, 0.05) is 41.3 Å². The Morgan fingerprint density at radius 2 is 1.93 bits per heavy atom. The number of aromatic amines is 1. The number of Topliss-reactive ketones (excluding diaryl/α,β-unsaturated/α-hetero) is 1. The van der Waals surface area contributed by atoms with Crippen molar-refractivity contribution in [3.05, 3.63) is 76.9 Å². The molecule has 0 saturated heterocycles. The molecule has 1 aromatic carbocycles. The molecule has 0 bridgehead atoms. The molecule has 0 saturated carbocycles. The molecule has 0 atom stereocenters. The van der Waals surface area contributed by atoms with Gasteiger partial charge in [0.25, 0.3) is 5.91 Å². The number of pyridine rings is 1. The van der Waals surface area contributed by atoms with Crippen molar-refractivity contribution >= 4 is 23.0 Å². The Morgan fingerprint density at radius 1 is 1.13 bits per heavy atom. The normalized spacial score (nSPS) is 13.5. The van der Waals surface area contributed by atoms with E-state index in [1.165, 1.54) is 0 Å². The Bertz CT molecular complexity index is 1290. The first-order valence-electron chi connectivity index (χ1n) is 10.1. The number of aromatic nitrogens is 3. The van der Waals surface area contributed by atoms with Crippen molar-refractivity contribution in [2.45, 2.75) is 33.1 Å². The summed E-state index contributed by atoms with van der Waals surface area (Å²) in [5.41, 5.74) is 7.40.